The minimum atomic E-state index is -0.949. The summed E-state index contributed by atoms with van der Waals surface area (Å²) in [5, 5.41) is 11.8. The predicted octanol–water partition coefficient (Wildman–Crippen LogP) is 3.25. The van der Waals surface area contributed by atoms with Crippen LogP contribution in [0.15, 0.2) is 48.5 Å². The van der Waals surface area contributed by atoms with E-state index in [4.69, 9.17) is 14.6 Å². The maximum Gasteiger partial charge on any atom is 0.407 e. The number of rotatable bonds is 8. The summed E-state index contributed by atoms with van der Waals surface area (Å²) in [6.45, 7) is 1.22. The Hall–Kier alpha value is -3.39. The first kappa shape index (κ1) is 23.8. The molecule has 0 radical (unpaired) electrons. The summed E-state index contributed by atoms with van der Waals surface area (Å²) in [7, 11) is 1.59. The van der Waals surface area contributed by atoms with Crippen LogP contribution in [-0.2, 0) is 19.1 Å². The maximum atomic E-state index is 12.7. The second kappa shape index (κ2) is 10.7. The second-order valence-corrected chi connectivity index (χ2v) is 8.86. The molecule has 180 valence electrons. The van der Waals surface area contributed by atoms with Gasteiger partial charge in [0.15, 0.2) is 0 Å². The zero-order valence-corrected chi connectivity index (χ0v) is 19.2. The number of carbonyl (C=O) groups excluding carboxylic acids is 2. The molecule has 1 saturated heterocycles. The van der Waals surface area contributed by atoms with Crippen molar-refractivity contribution in [2.75, 3.05) is 33.4 Å². The molecule has 1 aliphatic heterocycles. The maximum absolute atomic E-state index is 12.7. The lowest BCUT2D eigenvalue weighted by Gasteiger charge is -2.32. The van der Waals surface area contributed by atoms with E-state index in [-0.39, 0.29) is 49.8 Å². The van der Waals surface area contributed by atoms with Crippen molar-refractivity contribution < 1.29 is 29.0 Å². The standard InChI is InChI=1S/C26H30N2O6/c1-28(12-10-25(30)31)24(29)14-17-15-33-13-11-23(17)27-26(32)34-16-22-20-8-4-2-6-18(20)19-7-3-5-9-21(19)22/h2-9,17,22-23H,10-16H2,1H3,(H,27,32)(H,30,31). The van der Waals surface area contributed by atoms with E-state index in [1.165, 1.54) is 16.0 Å². The molecule has 0 bridgehead atoms. The Kier molecular flexibility index (Phi) is 7.47. The van der Waals surface area contributed by atoms with Gasteiger partial charge in [-0.1, -0.05) is 48.5 Å². The molecule has 2 aromatic rings. The number of aliphatic carboxylic acids is 1. The van der Waals surface area contributed by atoms with Crippen LogP contribution in [0.25, 0.3) is 11.1 Å². The number of fused-ring (bicyclic) bond motifs is 3. The molecule has 0 saturated carbocycles. The van der Waals surface area contributed by atoms with Gasteiger partial charge in [0.05, 0.1) is 13.0 Å². The van der Waals surface area contributed by atoms with Gasteiger partial charge in [-0.25, -0.2) is 4.79 Å². The number of nitrogens with zero attached hydrogens (tertiary/aromatic N) is 1. The highest BCUT2D eigenvalue weighted by Gasteiger charge is 2.32. The van der Waals surface area contributed by atoms with Crippen molar-refractivity contribution in [1.82, 2.24) is 10.2 Å². The van der Waals surface area contributed by atoms with Gasteiger partial charge in [0.1, 0.15) is 6.61 Å². The van der Waals surface area contributed by atoms with Crippen LogP contribution in [0.5, 0.6) is 0 Å². The Bertz CT molecular complexity index is 1010. The minimum Gasteiger partial charge on any atom is -0.481 e. The molecule has 2 amide bonds. The third-order valence-electron chi connectivity index (χ3n) is 6.64. The van der Waals surface area contributed by atoms with E-state index in [0.717, 1.165) is 11.1 Å². The van der Waals surface area contributed by atoms with Crippen LogP contribution in [0, 0.1) is 5.92 Å². The summed E-state index contributed by atoms with van der Waals surface area (Å²) in [5.74, 6) is -1.34. The Labute approximate surface area is 198 Å². The van der Waals surface area contributed by atoms with Crippen LogP contribution in [0.3, 0.4) is 0 Å². The average molecular weight is 467 g/mol. The van der Waals surface area contributed by atoms with Crippen molar-refractivity contribution >= 4 is 18.0 Å². The summed E-state index contributed by atoms with van der Waals surface area (Å²) in [6, 6.07) is 16.1. The van der Waals surface area contributed by atoms with Gasteiger partial charge in [-0.15, -0.1) is 0 Å². The normalized spacial score (nSPS) is 19.1. The Balaban J connectivity index is 1.34. The fourth-order valence-electron chi connectivity index (χ4n) is 4.75. The van der Waals surface area contributed by atoms with Crippen molar-refractivity contribution in [3.63, 3.8) is 0 Å². The quantitative estimate of drug-likeness (QED) is 0.619. The fraction of sp³-hybridized carbons (Fsp3) is 0.423. The molecule has 2 aliphatic rings. The number of carboxylic acid groups (broad SMARTS) is 1. The average Bonchev–Trinajstić information content (AvgIpc) is 3.16. The van der Waals surface area contributed by atoms with Gasteiger partial charge in [0, 0.05) is 44.5 Å². The second-order valence-electron chi connectivity index (χ2n) is 8.86. The number of amides is 2. The number of alkyl carbamates (subject to hydrolysis) is 1. The third kappa shape index (κ3) is 5.39. The first-order valence-electron chi connectivity index (χ1n) is 11.6. The monoisotopic (exact) mass is 466 g/mol. The zero-order valence-electron chi connectivity index (χ0n) is 19.2. The van der Waals surface area contributed by atoms with E-state index in [9.17, 15) is 14.4 Å². The molecular formula is C26H30N2O6. The number of ether oxygens (including phenoxy) is 2. The smallest absolute Gasteiger partial charge is 0.407 e. The minimum absolute atomic E-state index is 0.0203. The van der Waals surface area contributed by atoms with Crippen molar-refractivity contribution in [3.05, 3.63) is 59.7 Å². The van der Waals surface area contributed by atoms with Gasteiger partial charge in [0.2, 0.25) is 5.91 Å². The predicted molar refractivity (Wildman–Crippen MR) is 125 cm³/mol. The highest BCUT2D eigenvalue weighted by molar-refractivity contribution is 5.79. The van der Waals surface area contributed by atoms with E-state index in [0.29, 0.717) is 19.6 Å². The van der Waals surface area contributed by atoms with E-state index >= 15 is 0 Å². The number of carbonyl (C=O) groups is 3. The summed E-state index contributed by atoms with van der Waals surface area (Å²) < 4.78 is 11.2. The summed E-state index contributed by atoms with van der Waals surface area (Å²) in [4.78, 5) is 37.4. The summed E-state index contributed by atoms with van der Waals surface area (Å²) in [6.07, 6.45) is 0.140. The van der Waals surface area contributed by atoms with Crippen LogP contribution >= 0.6 is 0 Å². The van der Waals surface area contributed by atoms with Crippen LogP contribution < -0.4 is 5.32 Å². The van der Waals surface area contributed by atoms with Gasteiger partial charge >= 0.3 is 12.1 Å². The van der Waals surface area contributed by atoms with Gasteiger partial charge in [-0.3, -0.25) is 9.59 Å². The molecule has 2 N–H and O–H groups in total. The third-order valence-corrected chi connectivity index (χ3v) is 6.64. The lowest BCUT2D eigenvalue weighted by molar-refractivity contribution is -0.138. The van der Waals surface area contributed by atoms with Crippen LogP contribution in [-0.4, -0.2) is 67.4 Å². The molecule has 1 heterocycles. The SMILES string of the molecule is CN(CCC(=O)O)C(=O)CC1COCCC1NC(=O)OCC1c2ccccc2-c2ccccc21. The summed E-state index contributed by atoms with van der Waals surface area (Å²) >= 11 is 0. The molecule has 2 aromatic carbocycles. The van der Waals surface area contributed by atoms with Crippen LogP contribution in [0.1, 0.15) is 36.3 Å². The Morgan fingerprint density at radius 1 is 1.09 bits per heavy atom. The van der Waals surface area contributed by atoms with Gasteiger partial charge in [0.25, 0.3) is 0 Å². The van der Waals surface area contributed by atoms with Crippen molar-refractivity contribution in [2.24, 2.45) is 5.92 Å². The number of nitrogens with one attached hydrogen (secondary N) is 1. The molecule has 8 nitrogen and oxygen atoms in total. The van der Waals surface area contributed by atoms with Gasteiger partial charge in [-0.2, -0.15) is 0 Å². The first-order valence-corrected chi connectivity index (χ1v) is 11.6. The van der Waals surface area contributed by atoms with Crippen LogP contribution in [0.2, 0.25) is 0 Å². The summed E-state index contributed by atoms with van der Waals surface area (Å²) in [5.41, 5.74) is 4.63. The molecule has 0 spiro atoms. The van der Waals surface area contributed by atoms with E-state index in [1.54, 1.807) is 7.05 Å². The molecule has 2 atom stereocenters. The number of benzene rings is 2. The topological polar surface area (TPSA) is 105 Å². The number of hydrogen-bond acceptors (Lipinski definition) is 5. The van der Waals surface area contributed by atoms with Crippen molar-refractivity contribution in [1.29, 1.82) is 0 Å². The molecule has 2 unspecified atom stereocenters. The zero-order chi connectivity index (χ0) is 24.1. The molecule has 1 fully saturated rings. The lowest BCUT2D eigenvalue weighted by Crippen LogP contribution is -2.47. The van der Waals surface area contributed by atoms with Crippen molar-refractivity contribution in [2.45, 2.75) is 31.2 Å². The largest absolute Gasteiger partial charge is 0.481 e. The lowest BCUT2D eigenvalue weighted by atomic mass is 9.92. The van der Waals surface area contributed by atoms with E-state index in [1.807, 2.05) is 24.3 Å². The van der Waals surface area contributed by atoms with E-state index < -0.39 is 12.1 Å². The highest BCUT2D eigenvalue weighted by atomic mass is 16.5. The van der Waals surface area contributed by atoms with Gasteiger partial charge < -0.3 is 24.8 Å². The first-order chi connectivity index (χ1) is 16.4. The number of hydrogen-bond donors (Lipinski definition) is 2. The van der Waals surface area contributed by atoms with Crippen LogP contribution in [0.4, 0.5) is 4.79 Å². The molecule has 4 rings (SSSR count). The molecule has 8 heteroatoms. The highest BCUT2D eigenvalue weighted by Crippen LogP contribution is 2.44. The number of carboxylic acids is 1. The van der Waals surface area contributed by atoms with Crippen molar-refractivity contribution in [3.8, 4) is 11.1 Å². The molecule has 34 heavy (non-hydrogen) atoms. The fourth-order valence-corrected chi connectivity index (χ4v) is 4.75. The Morgan fingerprint density at radius 2 is 1.74 bits per heavy atom. The molecule has 0 aromatic heterocycles. The van der Waals surface area contributed by atoms with Gasteiger partial charge in [-0.05, 0) is 28.7 Å². The molecular weight excluding hydrogens is 436 g/mol. The Morgan fingerprint density at radius 3 is 2.38 bits per heavy atom. The molecule has 1 aliphatic carbocycles. The van der Waals surface area contributed by atoms with E-state index in [2.05, 4.69) is 29.6 Å².